The molecule has 0 aliphatic heterocycles. The molecule has 2 aromatic carbocycles. The molecule has 6 heteroatoms. The largest absolute Gasteiger partial charge is 0.444 e. The molecule has 0 unspecified atom stereocenters. The van der Waals surface area contributed by atoms with Crippen LogP contribution in [-0.4, -0.2) is 35.7 Å². The van der Waals surface area contributed by atoms with Gasteiger partial charge in [0.1, 0.15) is 5.60 Å². The highest BCUT2D eigenvalue weighted by atomic mass is 32.2. The third kappa shape index (κ3) is 8.05. The minimum absolute atomic E-state index is 0.0417. The van der Waals surface area contributed by atoms with E-state index in [4.69, 9.17) is 4.74 Å². The minimum atomic E-state index is -0.513. The summed E-state index contributed by atoms with van der Waals surface area (Å²) in [6.45, 7) is 5.92. The smallest absolute Gasteiger partial charge is 0.407 e. The molecule has 0 aliphatic carbocycles. The van der Waals surface area contributed by atoms with Gasteiger partial charge in [-0.15, -0.1) is 0 Å². The van der Waals surface area contributed by atoms with E-state index in [9.17, 15) is 9.59 Å². The lowest BCUT2D eigenvalue weighted by atomic mass is 9.99. The zero-order chi connectivity index (χ0) is 20.4. The summed E-state index contributed by atoms with van der Waals surface area (Å²) in [5.74, 6) is 0.917. The van der Waals surface area contributed by atoms with Gasteiger partial charge in [0.05, 0.1) is 11.8 Å². The molecule has 2 aromatic rings. The van der Waals surface area contributed by atoms with Crippen LogP contribution >= 0.6 is 11.8 Å². The molecule has 0 aromatic heterocycles. The number of ether oxygens (including phenoxy) is 1. The first-order chi connectivity index (χ1) is 13.3. The molecule has 0 fully saturated rings. The summed E-state index contributed by atoms with van der Waals surface area (Å²) in [7, 11) is 0. The Labute approximate surface area is 171 Å². The second kappa shape index (κ2) is 10.8. The highest BCUT2D eigenvalue weighted by Crippen LogP contribution is 2.21. The van der Waals surface area contributed by atoms with Gasteiger partial charge in [-0.3, -0.25) is 4.79 Å². The molecule has 5 nitrogen and oxygen atoms in total. The van der Waals surface area contributed by atoms with Gasteiger partial charge in [-0.2, -0.15) is 11.8 Å². The van der Waals surface area contributed by atoms with E-state index < -0.39 is 11.7 Å². The molecular formula is C22H28N2O3S. The molecule has 0 spiro atoms. The van der Waals surface area contributed by atoms with E-state index in [0.717, 1.165) is 11.1 Å². The van der Waals surface area contributed by atoms with Crippen molar-refractivity contribution < 1.29 is 14.3 Å². The summed E-state index contributed by atoms with van der Waals surface area (Å²) in [5.41, 5.74) is 1.57. The molecule has 2 N–H and O–H groups in total. The molecule has 0 saturated carbocycles. The molecule has 0 aliphatic rings. The number of nitrogens with one attached hydrogen (secondary N) is 2. The molecule has 0 saturated heterocycles. The van der Waals surface area contributed by atoms with Crippen LogP contribution in [0, 0.1) is 0 Å². The maximum absolute atomic E-state index is 12.4. The lowest BCUT2D eigenvalue weighted by Crippen LogP contribution is -2.34. The van der Waals surface area contributed by atoms with Gasteiger partial charge in [0.15, 0.2) is 0 Å². The Balaban J connectivity index is 1.80. The fourth-order valence-electron chi connectivity index (χ4n) is 2.56. The number of thioether (sulfide) groups is 1. The van der Waals surface area contributed by atoms with E-state index in [1.54, 1.807) is 0 Å². The van der Waals surface area contributed by atoms with Crippen LogP contribution < -0.4 is 10.6 Å². The summed E-state index contributed by atoms with van der Waals surface area (Å²) < 4.78 is 5.18. The zero-order valence-electron chi connectivity index (χ0n) is 16.6. The van der Waals surface area contributed by atoms with E-state index in [1.807, 2.05) is 81.4 Å². The normalized spacial score (nSPS) is 11.1. The van der Waals surface area contributed by atoms with Crippen LogP contribution in [-0.2, 0) is 9.53 Å². The fourth-order valence-corrected chi connectivity index (χ4v) is 3.22. The average Bonchev–Trinajstić information content (AvgIpc) is 2.66. The summed E-state index contributed by atoms with van der Waals surface area (Å²) in [6, 6.07) is 19.6. The van der Waals surface area contributed by atoms with Crippen molar-refractivity contribution in [1.29, 1.82) is 0 Å². The topological polar surface area (TPSA) is 67.4 Å². The lowest BCUT2D eigenvalue weighted by molar-refractivity contribution is -0.119. The molecule has 2 amide bonds. The number of alkyl carbamates (subject to hydrolysis) is 1. The summed E-state index contributed by atoms with van der Waals surface area (Å²) in [5, 5.41) is 5.80. The number of rotatable bonds is 8. The lowest BCUT2D eigenvalue weighted by Gasteiger charge is -2.20. The van der Waals surface area contributed by atoms with Gasteiger partial charge in [0, 0.05) is 12.3 Å². The van der Waals surface area contributed by atoms with Crippen molar-refractivity contribution in [2.45, 2.75) is 32.4 Å². The molecule has 28 heavy (non-hydrogen) atoms. The number of carbonyl (C=O) groups is 2. The van der Waals surface area contributed by atoms with Gasteiger partial charge in [0.25, 0.3) is 0 Å². The number of carbonyl (C=O) groups excluding carboxylic acids is 2. The highest BCUT2D eigenvalue weighted by molar-refractivity contribution is 7.99. The standard InChI is InChI=1S/C22H28N2O3S/c1-22(2,3)27-21(26)23-14-15-28-16-19(25)24-20(17-10-6-4-7-11-17)18-12-8-5-9-13-18/h4-13,20H,14-16H2,1-3H3,(H,23,26)(H,24,25). The third-order valence-electron chi connectivity index (χ3n) is 3.72. The molecular weight excluding hydrogens is 372 g/mol. The second-order valence-electron chi connectivity index (χ2n) is 7.30. The molecule has 0 atom stereocenters. The van der Waals surface area contributed by atoms with Crippen molar-refractivity contribution in [3.05, 3.63) is 71.8 Å². The van der Waals surface area contributed by atoms with Crippen LogP contribution in [0.4, 0.5) is 4.79 Å². The van der Waals surface area contributed by atoms with Crippen molar-refractivity contribution in [2.75, 3.05) is 18.1 Å². The van der Waals surface area contributed by atoms with Gasteiger partial charge in [0.2, 0.25) is 5.91 Å². The van der Waals surface area contributed by atoms with Gasteiger partial charge in [-0.25, -0.2) is 4.79 Å². The van der Waals surface area contributed by atoms with E-state index >= 15 is 0 Å². The number of hydrogen-bond acceptors (Lipinski definition) is 4. The Morgan fingerprint density at radius 3 is 2.00 bits per heavy atom. The van der Waals surface area contributed by atoms with Crippen molar-refractivity contribution in [3.8, 4) is 0 Å². The molecule has 0 heterocycles. The van der Waals surface area contributed by atoms with E-state index in [0.29, 0.717) is 18.1 Å². The van der Waals surface area contributed by atoms with Crippen molar-refractivity contribution >= 4 is 23.8 Å². The molecule has 2 rings (SSSR count). The number of amides is 2. The van der Waals surface area contributed by atoms with Crippen molar-refractivity contribution in [1.82, 2.24) is 10.6 Å². The molecule has 0 bridgehead atoms. The SMILES string of the molecule is CC(C)(C)OC(=O)NCCSCC(=O)NC(c1ccccc1)c1ccccc1. The second-order valence-corrected chi connectivity index (χ2v) is 8.41. The maximum Gasteiger partial charge on any atom is 0.407 e. The van der Waals surface area contributed by atoms with Crippen molar-refractivity contribution in [2.24, 2.45) is 0 Å². The molecule has 0 radical (unpaired) electrons. The van der Waals surface area contributed by atoms with Gasteiger partial charge in [-0.1, -0.05) is 60.7 Å². The fraction of sp³-hybridized carbons (Fsp3) is 0.364. The monoisotopic (exact) mass is 400 g/mol. The van der Waals surface area contributed by atoms with E-state index in [1.165, 1.54) is 11.8 Å². The average molecular weight is 401 g/mol. The molecule has 150 valence electrons. The van der Waals surface area contributed by atoms with E-state index in [-0.39, 0.29) is 11.9 Å². The van der Waals surface area contributed by atoms with Crippen LogP contribution in [0.5, 0.6) is 0 Å². The van der Waals surface area contributed by atoms with Crippen LogP contribution in [0.2, 0.25) is 0 Å². The Morgan fingerprint density at radius 1 is 0.964 bits per heavy atom. The Hall–Kier alpha value is -2.47. The number of hydrogen-bond donors (Lipinski definition) is 2. The zero-order valence-corrected chi connectivity index (χ0v) is 17.4. The maximum atomic E-state index is 12.4. The summed E-state index contributed by atoms with van der Waals surface area (Å²) in [4.78, 5) is 24.0. The Kier molecular flexibility index (Phi) is 8.39. The summed E-state index contributed by atoms with van der Waals surface area (Å²) in [6.07, 6.45) is -0.439. The van der Waals surface area contributed by atoms with Crippen LogP contribution in [0.3, 0.4) is 0 Å². The number of benzene rings is 2. The highest BCUT2D eigenvalue weighted by Gasteiger charge is 2.17. The third-order valence-corrected chi connectivity index (χ3v) is 4.68. The van der Waals surface area contributed by atoms with Crippen molar-refractivity contribution in [3.63, 3.8) is 0 Å². The quantitative estimate of drug-likeness (QED) is 0.653. The van der Waals surface area contributed by atoms with Crippen LogP contribution in [0.25, 0.3) is 0 Å². The Morgan fingerprint density at radius 2 is 1.50 bits per heavy atom. The first kappa shape index (κ1) is 21.8. The van der Waals surface area contributed by atoms with Gasteiger partial charge >= 0.3 is 6.09 Å². The predicted octanol–water partition coefficient (Wildman–Crippen LogP) is 4.15. The first-order valence-electron chi connectivity index (χ1n) is 9.29. The van der Waals surface area contributed by atoms with Crippen LogP contribution in [0.1, 0.15) is 37.9 Å². The Bertz CT molecular complexity index is 706. The summed E-state index contributed by atoms with van der Waals surface area (Å²) >= 11 is 1.47. The van der Waals surface area contributed by atoms with E-state index in [2.05, 4.69) is 10.6 Å². The van der Waals surface area contributed by atoms with Gasteiger partial charge in [-0.05, 0) is 31.9 Å². The van der Waals surface area contributed by atoms with Crippen LogP contribution in [0.15, 0.2) is 60.7 Å². The minimum Gasteiger partial charge on any atom is -0.444 e. The first-order valence-corrected chi connectivity index (χ1v) is 10.4. The van der Waals surface area contributed by atoms with Gasteiger partial charge < -0.3 is 15.4 Å². The predicted molar refractivity (Wildman–Crippen MR) is 114 cm³/mol.